The summed E-state index contributed by atoms with van der Waals surface area (Å²) in [5.74, 6) is 0.329. The lowest BCUT2D eigenvalue weighted by molar-refractivity contribution is 0.0950. The van der Waals surface area contributed by atoms with Crippen LogP contribution in [0.25, 0.3) is 10.9 Å². The van der Waals surface area contributed by atoms with Gasteiger partial charge >= 0.3 is 0 Å². The number of nitrogens with two attached hydrogens (primary N) is 1. The van der Waals surface area contributed by atoms with Crippen LogP contribution in [-0.2, 0) is 13.0 Å². The molecule has 152 valence electrons. The molecular formula is C23H22ClN5O. The number of amides is 1. The lowest BCUT2D eigenvalue weighted by Crippen LogP contribution is -2.24. The monoisotopic (exact) mass is 419 g/mol. The van der Waals surface area contributed by atoms with E-state index >= 15 is 0 Å². The summed E-state index contributed by atoms with van der Waals surface area (Å²) in [7, 11) is 0. The standard InChI is InChI=1S/C23H22ClN5O/c1-13-7-22(25)28-14(2)20(13)12-27-23(30)15-5-6-26-18(9-15)11-19-10-16-8-17(24)3-4-21(16)29-19/h3-10,29H,11-12H2,1-2H3,(H2,25,28)(H,27,30). The van der Waals surface area contributed by atoms with Gasteiger partial charge in [-0.25, -0.2) is 4.98 Å². The fraction of sp³-hybridized carbons (Fsp3) is 0.174. The van der Waals surface area contributed by atoms with Gasteiger partial charge in [-0.15, -0.1) is 0 Å². The Labute approximate surface area is 179 Å². The molecule has 0 spiro atoms. The van der Waals surface area contributed by atoms with Crippen molar-refractivity contribution in [1.29, 1.82) is 0 Å². The van der Waals surface area contributed by atoms with Crippen LogP contribution in [-0.4, -0.2) is 20.9 Å². The number of aromatic nitrogens is 3. The van der Waals surface area contributed by atoms with Gasteiger partial charge in [-0.05, 0) is 67.4 Å². The predicted octanol–water partition coefficient (Wildman–Crippen LogP) is 4.33. The lowest BCUT2D eigenvalue weighted by atomic mass is 10.1. The smallest absolute Gasteiger partial charge is 0.251 e. The molecule has 4 N–H and O–H groups in total. The van der Waals surface area contributed by atoms with Crippen LogP contribution in [0.2, 0.25) is 5.02 Å². The van der Waals surface area contributed by atoms with Crippen molar-refractivity contribution in [2.45, 2.75) is 26.8 Å². The number of hydrogen-bond acceptors (Lipinski definition) is 4. The largest absolute Gasteiger partial charge is 0.384 e. The summed E-state index contributed by atoms with van der Waals surface area (Å²) in [5.41, 5.74) is 12.0. The SMILES string of the molecule is Cc1cc(N)nc(C)c1CNC(=O)c1ccnc(Cc2cc3cc(Cl)ccc3[nH]2)c1. The molecule has 0 radical (unpaired) electrons. The van der Waals surface area contributed by atoms with E-state index in [4.69, 9.17) is 17.3 Å². The molecule has 6 nitrogen and oxygen atoms in total. The topological polar surface area (TPSA) is 96.7 Å². The van der Waals surface area contributed by atoms with Crippen LogP contribution in [0, 0.1) is 13.8 Å². The van der Waals surface area contributed by atoms with Gasteiger partial charge in [-0.1, -0.05) is 11.6 Å². The molecule has 1 aromatic carbocycles. The van der Waals surface area contributed by atoms with E-state index in [9.17, 15) is 4.79 Å². The Morgan fingerprint density at radius 3 is 2.80 bits per heavy atom. The minimum Gasteiger partial charge on any atom is -0.384 e. The number of aromatic amines is 1. The van der Waals surface area contributed by atoms with Crippen molar-refractivity contribution < 1.29 is 4.79 Å². The van der Waals surface area contributed by atoms with Crippen LogP contribution < -0.4 is 11.1 Å². The Hall–Kier alpha value is -3.38. The number of carbonyl (C=O) groups is 1. The molecule has 30 heavy (non-hydrogen) atoms. The predicted molar refractivity (Wildman–Crippen MR) is 120 cm³/mol. The highest BCUT2D eigenvalue weighted by atomic mass is 35.5. The van der Waals surface area contributed by atoms with E-state index in [0.29, 0.717) is 29.4 Å². The first kappa shape index (κ1) is 19.9. The number of hydrogen-bond donors (Lipinski definition) is 3. The van der Waals surface area contributed by atoms with E-state index < -0.39 is 0 Å². The highest BCUT2D eigenvalue weighted by Gasteiger charge is 2.11. The molecule has 1 amide bonds. The third kappa shape index (κ3) is 4.28. The first-order chi connectivity index (χ1) is 14.4. The molecule has 3 heterocycles. The number of benzene rings is 1. The molecule has 3 aromatic heterocycles. The minimum absolute atomic E-state index is 0.155. The molecule has 0 saturated heterocycles. The molecule has 0 aliphatic rings. The average molecular weight is 420 g/mol. The zero-order chi connectivity index (χ0) is 21.3. The summed E-state index contributed by atoms with van der Waals surface area (Å²) >= 11 is 6.06. The molecule has 0 saturated carbocycles. The molecule has 7 heteroatoms. The number of rotatable bonds is 5. The van der Waals surface area contributed by atoms with E-state index in [0.717, 1.165) is 39.1 Å². The summed E-state index contributed by atoms with van der Waals surface area (Å²) in [5, 5.41) is 4.72. The van der Waals surface area contributed by atoms with Gasteiger partial charge in [-0.3, -0.25) is 9.78 Å². The number of nitrogens with one attached hydrogen (secondary N) is 2. The van der Waals surface area contributed by atoms with Gasteiger partial charge in [0.25, 0.3) is 5.91 Å². The van der Waals surface area contributed by atoms with Crippen molar-refractivity contribution in [1.82, 2.24) is 20.3 Å². The van der Waals surface area contributed by atoms with Gasteiger partial charge in [0.2, 0.25) is 0 Å². The third-order valence-electron chi connectivity index (χ3n) is 5.09. The summed E-state index contributed by atoms with van der Waals surface area (Å²) in [4.78, 5) is 24.7. The Balaban J connectivity index is 1.47. The average Bonchev–Trinajstić information content (AvgIpc) is 3.08. The molecule has 0 atom stereocenters. The number of fused-ring (bicyclic) bond motifs is 1. The molecule has 0 aliphatic carbocycles. The van der Waals surface area contributed by atoms with Gasteiger partial charge in [0.15, 0.2) is 0 Å². The van der Waals surface area contributed by atoms with Crippen LogP contribution in [0.3, 0.4) is 0 Å². The van der Waals surface area contributed by atoms with Crippen molar-refractivity contribution >= 4 is 34.2 Å². The number of halogens is 1. The van der Waals surface area contributed by atoms with Crippen molar-refractivity contribution in [2.24, 2.45) is 0 Å². The number of anilines is 1. The minimum atomic E-state index is -0.155. The molecule has 4 aromatic rings. The fourth-order valence-corrected chi connectivity index (χ4v) is 3.78. The maximum absolute atomic E-state index is 12.7. The fourth-order valence-electron chi connectivity index (χ4n) is 3.60. The van der Waals surface area contributed by atoms with Gasteiger partial charge in [0, 0.05) is 57.7 Å². The Morgan fingerprint density at radius 1 is 1.17 bits per heavy atom. The normalized spacial score (nSPS) is 11.0. The molecule has 0 unspecified atom stereocenters. The zero-order valence-corrected chi connectivity index (χ0v) is 17.5. The third-order valence-corrected chi connectivity index (χ3v) is 5.32. The first-order valence-electron chi connectivity index (χ1n) is 9.62. The summed E-state index contributed by atoms with van der Waals surface area (Å²) in [6.07, 6.45) is 2.25. The van der Waals surface area contributed by atoms with Crippen molar-refractivity contribution in [3.05, 3.63) is 87.5 Å². The lowest BCUT2D eigenvalue weighted by Gasteiger charge is -2.12. The van der Waals surface area contributed by atoms with Crippen molar-refractivity contribution in [2.75, 3.05) is 5.73 Å². The number of carbonyl (C=O) groups excluding carboxylic acids is 1. The second-order valence-corrected chi connectivity index (χ2v) is 7.79. The van der Waals surface area contributed by atoms with Crippen LogP contribution in [0.15, 0.2) is 48.7 Å². The summed E-state index contributed by atoms with van der Waals surface area (Å²) in [6.45, 7) is 4.25. The van der Waals surface area contributed by atoms with E-state index in [1.807, 2.05) is 44.2 Å². The van der Waals surface area contributed by atoms with E-state index in [1.165, 1.54) is 0 Å². The van der Waals surface area contributed by atoms with Crippen LogP contribution in [0.4, 0.5) is 5.82 Å². The Bertz CT molecular complexity index is 1220. The highest BCUT2D eigenvalue weighted by molar-refractivity contribution is 6.31. The molecule has 0 bridgehead atoms. The van der Waals surface area contributed by atoms with E-state index in [-0.39, 0.29) is 5.91 Å². The summed E-state index contributed by atoms with van der Waals surface area (Å²) in [6, 6.07) is 13.1. The Morgan fingerprint density at radius 2 is 2.00 bits per heavy atom. The number of pyridine rings is 2. The zero-order valence-electron chi connectivity index (χ0n) is 16.8. The summed E-state index contributed by atoms with van der Waals surface area (Å²) < 4.78 is 0. The number of nitrogen functional groups attached to an aromatic ring is 1. The van der Waals surface area contributed by atoms with Gasteiger partial charge in [-0.2, -0.15) is 0 Å². The first-order valence-corrected chi connectivity index (χ1v) is 10.00. The van der Waals surface area contributed by atoms with E-state index in [1.54, 1.807) is 12.3 Å². The number of nitrogens with zero attached hydrogens (tertiary/aromatic N) is 2. The molecular weight excluding hydrogens is 398 g/mol. The molecule has 0 fully saturated rings. The number of H-pyrrole nitrogens is 1. The van der Waals surface area contributed by atoms with Gasteiger partial charge in [0.1, 0.15) is 5.82 Å². The van der Waals surface area contributed by atoms with Crippen molar-refractivity contribution in [3.8, 4) is 0 Å². The van der Waals surface area contributed by atoms with E-state index in [2.05, 4.69) is 26.3 Å². The maximum Gasteiger partial charge on any atom is 0.251 e. The highest BCUT2D eigenvalue weighted by Crippen LogP contribution is 2.21. The number of aryl methyl sites for hydroxylation is 2. The van der Waals surface area contributed by atoms with Crippen molar-refractivity contribution in [3.63, 3.8) is 0 Å². The second-order valence-electron chi connectivity index (χ2n) is 7.35. The molecule has 0 aliphatic heterocycles. The van der Waals surface area contributed by atoms with Crippen LogP contribution in [0.1, 0.15) is 38.6 Å². The second kappa shape index (κ2) is 8.16. The van der Waals surface area contributed by atoms with Crippen LogP contribution in [0.5, 0.6) is 0 Å². The Kier molecular flexibility index (Phi) is 5.42. The van der Waals surface area contributed by atoms with Gasteiger partial charge in [0.05, 0.1) is 0 Å². The quantitative estimate of drug-likeness (QED) is 0.448. The van der Waals surface area contributed by atoms with Crippen LogP contribution >= 0.6 is 11.6 Å². The molecule has 4 rings (SSSR count). The maximum atomic E-state index is 12.7. The van der Waals surface area contributed by atoms with Gasteiger partial charge < -0.3 is 16.0 Å².